The van der Waals surface area contributed by atoms with Gasteiger partial charge in [-0.3, -0.25) is 14.5 Å². The van der Waals surface area contributed by atoms with Crippen LogP contribution in [0, 0.1) is 0 Å². The number of carbonyl (C=O) groups is 3. The lowest BCUT2D eigenvalue weighted by Gasteiger charge is -2.13. The molecular weight excluding hydrogens is 389 g/mol. The van der Waals surface area contributed by atoms with Gasteiger partial charge < -0.3 is 25.1 Å². The van der Waals surface area contributed by atoms with Gasteiger partial charge in [0.25, 0.3) is 11.8 Å². The quantitative estimate of drug-likeness (QED) is 0.326. The maximum absolute atomic E-state index is 11.3. The Kier molecular flexibility index (Phi) is 13.9. The Bertz CT molecular complexity index is 495. The molecule has 0 unspecified atom stereocenters. The van der Waals surface area contributed by atoms with Gasteiger partial charge in [-0.05, 0) is 19.4 Å². The Morgan fingerprint density at radius 3 is 1.71 bits per heavy atom. The van der Waals surface area contributed by atoms with E-state index in [9.17, 15) is 22.8 Å². The second-order valence-corrected chi connectivity index (χ2v) is 5.30. The molecule has 162 valence electrons. The predicted octanol–water partition coefficient (Wildman–Crippen LogP) is 0.333. The van der Waals surface area contributed by atoms with Crippen molar-refractivity contribution in [3.05, 3.63) is 12.2 Å². The van der Waals surface area contributed by atoms with Gasteiger partial charge in [0, 0.05) is 31.9 Å². The number of carbonyl (C=O) groups excluding carboxylic acids is 2. The number of hydrogen-bond acceptors (Lipinski definition) is 7. The lowest BCUT2D eigenvalue weighted by Crippen LogP contribution is -2.31. The number of halogens is 3. The first-order valence-electron chi connectivity index (χ1n) is 8.47. The number of carboxylic acids is 1. The van der Waals surface area contributed by atoms with Gasteiger partial charge in [0.2, 0.25) is 0 Å². The molecule has 0 spiro atoms. The lowest BCUT2D eigenvalue weighted by molar-refractivity contribution is -0.192. The van der Waals surface area contributed by atoms with Crippen LogP contribution in [0.4, 0.5) is 13.2 Å². The van der Waals surface area contributed by atoms with Crippen molar-refractivity contribution in [2.45, 2.75) is 19.0 Å². The summed E-state index contributed by atoms with van der Waals surface area (Å²) in [4.78, 5) is 32.6. The molecule has 3 N–H and O–H groups in total. The average Bonchev–Trinajstić information content (AvgIpc) is 2.94. The third-order valence-electron chi connectivity index (χ3n) is 3.05. The largest absolute Gasteiger partial charge is 0.490 e. The number of nitrogens with zero attached hydrogens (tertiary/aromatic N) is 1. The summed E-state index contributed by atoms with van der Waals surface area (Å²) in [5.41, 5.74) is 5.33. The highest BCUT2D eigenvalue weighted by molar-refractivity contribution is 6.12. The monoisotopic (exact) mass is 414 g/mol. The minimum atomic E-state index is -5.08. The van der Waals surface area contributed by atoms with E-state index < -0.39 is 12.1 Å². The summed E-state index contributed by atoms with van der Waals surface area (Å²) >= 11 is 0. The third-order valence-corrected chi connectivity index (χ3v) is 3.05. The van der Waals surface area contributed by atoms with Gasteiger partial charge in [-0.2, -0.15) is 13.2 Å². The standard InChI is InChI=1S/C14H24N2O5.C2HF3O2/c15-5-1-7-19-9-11-21-12-10-20-8-2-6-16-13(17)3-4-14(16)18;3-2(4,5)1(6)7/h3-4H,1-2,5-12,15H2;(H,6,7). The van der Waals surface area contributed by atoms with E-state index in [1.165, 1.54) is 17.1 Å². The summed E-state index contributed by atoms with van der Waals surface area (Å²) in [5.74, 6) is -3.26. The number of imide groups is 1. The summed E-state index contributed by atoms with van der Waals surface area (Å²) in [7, 11) is 0. The van der Waals surface area contributed by atoms with Crippen molar-refractivity contribution in [2.75, 3.05) is 52.7 Å². The second-order valence-electron chi connectivity index (χ2n) is 5.30. The molecule has 9 nitrogen and oxygen atoms in total. The van der Waals surface area contributed by atoms with Gasteiger partial charge in [0.15, 0.2) is 0 Å². The maximum atomic E-state index is 11.3. The maximum Gasteiger partial charge on any atom is 0.490 e. The number of aliphatic carboxylic acids is 1. The van der Waals surface area contributed by atoms with Crippen LogP contribution < -0.4 is 5.73 Å². The molecule has 1 rings (SSSR count). The Morgan fingerprint density at radius 1 is 0.929 bits per heavy atom. The van der Waals surface area contributed by atoms with E-state index >= 15 is 0 Å². The molecule has 1 aliphatic heterocycles. The van der Waals surface area contributed by atoms with Gasteiger partial charge in [0.1, 0.15) is 0 Å². The highest BCUT2D eigenvalue weighted by atomic mass is 19.4. The lowest BCUT2D eigenvalue weighted by atomic mass is 10.4. The number of ether oxygens (including phenoxy) is 3. The number of nitrogens with two attached hydrogens (primary N) is 1. The fourth-order valence-corrected chi connectivity index (χ4v) is 1.70. The smallest absolute Gasteiger partial charge is 0.475 e. The van der Waals surface area contributed by atoms with E-state index in [0.717, 1.165) is 6.42 Å². The molecule has 0 aromatic rings. The van der Waals surface area contributed by atoms with Gasteiger partial charge in [0.05, 0.1) is 26.4 Å². The van der Waals surface area contributed by atoms with E-state index in [1.54, 1.807) is 0 Å². The van der Waals surface area contributed by atoms with Crippen molar-refractivity contribution in [3.63, 3.8) is 0 Å². The van der Waals surface area contributed by atoms with Crippen molar-refractivity contribution in [1.82, 2.24) is 4.90 Å². The van der Waals surface area contributed by atoms with Gasteiger partial charge in [-0.1, -0.05) is 0 Å². The molecule has 1 heterocycles. The molecule has 0 bridgehead atoms. The summed E-state index contributed by atoms with van der Waals surface area (Å²) < 4.78 is 47.7. The summed E-state index contributed by atoms with van der Waals surface area (Å²) in [6, 6.07) is 0. The molecule has 0 radical (unpaired) electrons. The molecule has 0 aliphatic carbocycles. The molecule has 0 fully saturated rings. The summed E-state index contributed by atoms with van der Waals surface area (Å²) in [6.07, 6.45) is -1.03. The fraction of sp³-hybridized carbons (Fsp3) is 0.688. The normalized spacial score (nSPS) is 13.6. The van der Waals surface area contributed by atoms with Crippen molar-refractivity contribution in [3.8, 4) is 0 Å². The van der Waals surface area contributed by atoms with Gasteiger partial charge in [-0.15, -0.1) is 0 Å². The van der Waals surface area contributed by atoms with Crippen LogP contribution in [-0.2, 0) is 28.6 Å². The molecule has 0 aromatic carbocycles. The molecule has 0 saturated heterocycles. The third kappa shape index (κ3) is 13.2. The van der Waals surface area contributed by atoms with Crippen LogP contribution in [0.2, 0.25) is 0 Å². The minimum absolute atomic E-state index is 0.252. The Morgan fingerprint density at radius 2 is 1.32 bits per heavy atom. The first kappa shape index (κ1) is 26.0. The zero-order valence-corrected chi connectivity index (χ0v) is 15.3. The Hall–Kier alpha value is -2.02. The molecular formula is C16H25F3N2O7. The Labute approximate surface area is 160 Å². The van der Waals surface area contributed by atoms with Crippen molar-refractivity contribution >= 4 is 17.8 Å². The van der Waals surface area contributed by atoms with Crippen LogP contribution in [0.1, 0.15) is 12.8 Å². The second kappa shape index (κ2) is 15.0. The van der Waals surface area contributed by atoms with Crippen LogP contribution in [0.15, 0.2) is 12.2 Å². The fourth-order valence-electron chi connectivity index (χ4n) is 1.70. The number of hydrogen-bond donors (Lipinski definition) is 2. The molecule has 12 heteroatoms. The van der Waals surface area contributed by atoms with Crippen molar-refractivity contribution in [1.29, 1.82) is 0 Å². The van der Waals surface area contributed by atoms with Crippen LogP contribution in [-0.4, -0.2) is 86.7 Å². The minimum Gasteiger partial charge on any atom is -0.475 e. The zero-order chi connectivity index (χ0) is 21.4. The SMILES string of the molecule is NCCCOCCOCCOCCCN1C(=O)C=CC1=O.O=C(O)C(F)(F)F. The first-order chi connectivity index (χ1) is 13.2. The first-order valence-corrected chi connectivity index (χ1v) is 8.47. The topological polar surface area (TPSA) is 128 Å². The summed E-state index contributed by atoms with van der Waals surface area (Å²) in [5, 5.41) is 7.12. The van der Waals surface area contributed by atoms with Crippen molar-refractivity contribution in [2.24, 2.45) is 5.73 Å². The zero-order valence-electron chi connectivity index (χ0n) is 15.3. The van der Waals surface area contributed by atoms with Crippen LogP contribution >= 0.6 is 0 Å². The molecule has 0 aromatic heterocycles. The molecule has 0 saturated carbocycles. The molecule has 2 amide bonds. The predicted molar refractivity (Wildman–Crippen MR) is 90.3 cm³/mol. The number of amides is 2. The summed E-state index contributed by atoms with van der Waals surface area (Å²) in [6.45, 7) is 4.28. The average molecular weight is 414 g/mol. The number of rotatable bonds is 13. The molecule has 28 heavy (non-hydrogen) atoms. The van der Waals surface area contributed by atoms with E-state index in [-0.39, 0.29) is 11.8 Å². The van der Waals surface area contributed by atoms with Crippen LogP contribution in [0.3, 0.4) is 0 Å². The molecule has 1 aliphatic rings. The van der Waals surface area contributed by atoms with Crippen LogP contribution in [0.5, 0.6) is 0 Å². The van der Waals surface area contributed by atoms with E-state index in [0.29, 0.717) is 59.2 Å². The van der Waals surface area contributed by atoms with E-state index in [1.807, 2.05) is 0 Å². The van der Waals surface area contributed by atoms with Crippen molar-refractivity contribution < 1.29 is 46.9 Å². The highest BCUT2D eigenvalue weighted by Gasteiger charge is 2.38. The van der Waals surface area contributed by atoms with E-state index in [4.69, 9.17) is 29.8 Å². The van der Waals surface area contributed by atoms with Gasteiger partial charge in [-0.25, -0.2) is 4.79 Å². The highest BCUT2D eigenvalue weighted by Crippen LogP contribution is 2.13. The molecule has 0 atom stereocenters. The van der Waals surface area contributed by atoms with Crippen LogP contribution in [0.25, 0.3) is 0 Å². The number of alkyl halides is 3. The van der Waals surface area contributed by atoms with Gasteiger partial charge >= 0.3 is 12.1 Å². The Balaban J connectivity index is 0.000000887. The number of carboxylic acid groups (broad SMARTS) is 1. The van der Waals surface area contributed by atoms with E-state index in [2.05, 4.69) is 0 Å².